The van der Waals surface area contributed by atoms with Crippen LogP contribution in [-0.2, 0) is 4.79 Å². The van der Waals surface area contributed by atoms with Crippen LogP contribution in [0.1, 0.15) is 6.92 Å². The first-order valence-corrected chi connectivity index (χ1v) is 3.04. The highest BCUT2D eigenvalue weighted by Crippen LogP contribution is 2.07. The zero-order valence-corrected chi connectivity index (χ0v) is 5.66. The van der Waals surface area contributed by atoms with Gasteiger partial charge in [-0.05, 0) is 19.2 Å². The van der Waals surface area contributed by atoms with Crippen molar-refractivity contribution in [1.82, 2.24) is 5.32 Å². The number of allylic oxidation sites excluding steroid dienone is 1. The molecule has 2 N–H and O–H groups in total. The lowest BCUT2D eigenvalue weighted by molar-refractivity contribution is -0.138. The second-order valence-corrected chi connectivity index (χ2v) is 2.22. The van der Waals surface area contributed by atoms with Gasteiger partial charge in [0.1, 0.15) is 0 Å². The molecule has 3 nitrogen and oxygen atoms in total. The van der Waals surface area contributed by atoms with Crippen molar-refractivity contribution in [2.75, 3.05) is 0 Å². The van der Waals surface area contributed by atoms with Crippen LogP contribution in [0.4, 0.5) is 0 Å². The van der Waals surface area contributed by atoms with Crippen LogP contribution >= 0.6 is 0 Å². The van der Waals surface area contributed by atoms with Gasteiger partial charge in [0.2, 0.25) is 0 Å². The summed E-state index contributed by atoms with van der Waals surface area (Å²) in [5.41, 5.74) is 0.884. The molecule has 0 saturated heterocycles. The van der Waals surface area contributed by atoms with E-state index >= 15 is 0 Å². The molecule has 10 heavy (non-hydrogen) atoms. The summed E-state index contributed by atoms with van der Waals surface area (Å²) in [6.45, 7) is 1.83. The van der Waals surface area contributed by atoms with Gasteiger partial charge < -0.3 is 10.4 Å². The normalized spacial score (nSPS) is 23.3. The number of rotatable bonds is 1. The maximum Gasteiger partial charge on any atom is 0.314 e. The average molecular weight is 139 g/mol. The van der Waals surface area contributed by atoms with E-state index in [-0.39, 0.29) is 0 Å². The van der Waals surface area contributed by atoms with Crippen LogP contribution in [0.2, 0.25) is 0 Å². The summed E-state index contributed by atoms with van der Waals surface area (Å²) in [7, 11) is 0. The summed E-state index contributed by atoms with van der Waals surface area (Å²) < 4.78 is 0. The third kappa shape index (κ3) is 1.37. The molecule has 0 aliphatic carbocycles. The largest absolute Gasteiger partial charge is 0.481 e. The standard InChI is InChI=1S/C7H9NO2/c1-5-4-6(7(9)10)2-3-8-5/h2-4,6,8H,1H3,(H,9,10). The third-order valence-corrected chi connectivity index (χ3v) is 1.33. The summed E-state index contributed by atoms with van der Waals surface area (Å²) in [6.07, 6.45) is 4.92. The molecular weight excluding hydrogens is 130 g/mol. The minimum Gasteiger partial charge on any atom is -0.481 e. The fraction of sp³-hybridized carbons (Fsp3) is 0.286. The molecule has 0 aromatic carbocycles. The molecule has 3 heteroatoms. The first-order chi connectivity index (χ1) is 4.70. The summed E-state index contributed by atoms with van der Waals surface area (Å²) in [6, 6.07) is 0. The lowest BCUT2D eigenvalue weighted by Gasteiger charge is -2.10. The number of dihydropyridines is 1. The van der Waals surface area contributed by atoms with Crippen LogP contribution in [0, 0.1) is 5.92 Å². The highest BCUT2D eigenvalue weighted by Gasteiger charge is 2.12. The predicted molar refractivity (Wildman–Crippen MR) is 37.2 cm³/mol. The Morgan fingerprint density at radius 1 is 1.80 bits per heavy atom. The molecule has 0 aromatic rings. The molecule has 1 atom stereocenters. The molecule has 54 valence electrons. The molecule has 0 saturated carbocycles. The van der Waals surface area contributed by atoms with Gasteiger partial charge in [-0.2, -0.15) is 0 Å². The Kier molecular flexibility index (Phi) is 1.76. The number of carboxylic acid groups (broad SMARTS) is 1. The van der Waals surface area contributed by atoms with E-state index in [1.165, 1.54) is 0 Å². The van der Waals surface area contributed by atoms with Crippen LogP contribution in [0.25, 0.3) is 0 Å². The Balaban J connectivity index is 2.70. The molecule has 0 fully saturated rings. The second-order valence-electron chi connectivity index (χ2n) is 2.22. The van der Waals surface area contributed by atoms with E-state index < -0.39 is 11.9 Å². The molecule has 0 aromatic heterocycles. The molecule has 0 radical (unpaired) electrons. The molecule has 0 amide bonds. The summed E-state index contributed by atoms with van der Waals surface area (Å²) in [5.74, 6) is -1.27. The third-order valence-electron chi connectivity index (χ3n) is 1.33. The van der Waals surface area contributed by atoms with Crippen molar-refractivity contribution in [3.63, 3.8) is 0 Å². The van der Waals surface area contributed by atoms with E-state index in [4.69, 9.17) is 5.11 Å². The number of hydrogen-bond acceptors (Lipinski definition) is 2. The van der Waals surface area contributed by atoms with Crippen LogP contribution in [0.15, 0.2) is 24.0 Å². The zero-order valence-electron chi connectivity index (χ0n) is 5.66. The molecule has 0 bridgehead atoms. The zero-order chi connectivity index (χ0) is 7.56. The van der Waals surface area contributed by atoms with Gasteiger partial charge in [0.15, 0.2) is 0 Å². The maximum atomic E-state index is 10.4. The van der Waals surface area contributed by atoms with Gasteiger partial charge in [0, 0.05) is 5.70 Å². The Labute approximate surface area is 59.0 Å². The van der Waals surface area contributed by atoms with Gasteiger partial charge in [-0.3, -0.25) is 4.79 Å². The monoisotopic (exact) mass is 139 g/mol. The second kappa shape index (κ2) is 2.56. The van der Waals surface area contributed by atoms with E-state index in [9.17, 15) is 4.79 Å². The minimum atomic E-state index is -0.808. The molecule has 1 aliphatic heterocycles. The van der Waals surface area contributed by atoms with E-state index in [2.05, 4.69) is 5.32 Å². The Morgan fingerprint density at radius 2 is 2.50 bits per heavy atom. The summed E-state index contributed by atoms with van der Waals surface area (Å²) in [5, 5.41) is 11.4. The van der Waals surface area contributed by atoms with Crippen molar-refractivity contribution >= 4 is 5.97 Å². The number of hydrogen-bond donors (Lipinski definition) is 2. The van der Waals surface area contributed by atoms with Crippen LogP contribution in [0.5, 0.6) is 0 Å². The van der Waals surface area contributed by atoms with E-state index in [0.717, 1.165) is 5.70 Å². The van der Waals surface area contributed by atoms with Crippen LogP contribution in [0.3, 0.4) is 0 Å². The smallest absolute Gasteiger partial charge is 0.314 e. The van der Waals surface area contributed by atoms with Gasteiger partial charge >= 0.3 is 5.97 Å². The van der Waals surface area contributed by atoms with Crippen molar-refractivity contribution < 1.29 is 9.90 Å². The molecule has 1 aliphatic rings. The lowest BCUT2D eigenvalue weighted by Crippen LogP contribution is -2.16. The summed E-state index contributed by atoms with van der Waals surface area (Å²) >= 11 is 0. The molecule has 1 unspecified atom stereocenters. The lowest BCUT2D eigenvalue weighted by atomic mass is 10.1. The fourth-order valence-electron chi connectivity index (χ4n) is 0.810. The fourth-order valence-corrected chi connectivity index (χ4v) is 0.810. The van der Waals surface area contributed by atoms with E-state index in [1.54, 1.807) is 18.4 Å². The Bertz CT molecular complexity index is 206. The topological polar surface area (TPSA) is 49.3 Å². The molecule has 1 heterocycles. The highest BCUT2D eigenvalue weighted by molar-refractivity contribution is 5.74. The van der Waals surface area contributed by atoms with Crippen LogP contribution in [-0.4, -0.2) is 11.1 Å². The first-order valence-electron chi connectivity index (χ1n) is 3.04. The maximum absolute atomic E-state index is 10.4. The number of nitrogens with one attached hydrogen (secondary N) is 1. The number of aliphatic carboxylic acids is 1. The van der Waals surface area contributed by atoms with Gasteiger partial charge in [-0.25, -0.2) is 0 Å². The average Bonchev–Trinajstić information content (AvgIpc) is 1.88. The van der Waals surface area contributed by atoms with Crippen LogP contribution < -0.4 is 5.32 Å². The van der Waals surface area contributed by atoms with Crippen molar-refractivity contribution in [3.8, 4) is 0 Å². The van der Waals surface area contributed by atoms with Gasteiger partial charge in [-0.1, -0.05) is 6.08 Å². The van der Waals surface area contributed by atoms with E-state index in [0.29, 0.717) is 0 Å². The Hall–Kier alpha value is -1.25. The number of carbonyl (C=O) groups is 1. The first kappa shape index (κ1) is 6.86. The Morgan fingerprint density at radius 3 is 2.90 bits per heavy atom. The van der Waals surface area contributed by atoms with Crippen molar-refractivity contribution in [1.29, 1.82) is 0 Å². The molecular formula is C7H9NO2. The predicted octanol–water partition coefficient (Wildman–Crippen LogP) is 0.708. The highest BCUT2D eigenvalue weighted by atomic mass is 16.4. The van der Waals surface area contributed by atoms with Crippen molar-refractivity contribution in [2.24, 2.45) is 5.92 Å². The van der Waals surface area contributed by atoms with Gasteiger partial charge in [0.25, 0.3) is 0 Å². The minimum absolute atomic E-state index is 0.457. The SMILES string of the molecule is CC1=CC(C(=O)O)C=CN1. The number of carboxylic acids is 1. The van der Waals surface area contributed by atoms with Gasteiger partial charge in [-0.15, -0.1) is 0 Å². The molecule has 0 spiro atoms. The van der Waals surface area contributed by atoms with Crippen molar-refractivity contribution in [2.45, 2.75) is 6.92 Å². The van der Waals surface area contributed by atoms with E-state index in [1.807, 2.05) is 6.92 Å². The molecule has 1 rings (SSSR count). The van der Waals surface area contributed by atoms with Crippen molar-refractivity contribution in [3.05, 3.63) is 24.0 Å². The summed E-state index contributed by atoms with van der Waals surface area (Å²) in [4.78, 5) is 10.4. The quantitative estimate of drug-likeness (QED) is 0.562. The van der Waals surface area contributed by atoms with Gasteiger partial charge in [0.05, 0.1) is 5.92 Å².